The number of nitrogens with two attached hydrogens (primary N) is 1. The van der Waals surface area contributed by atoms with Crippen LogP contribution in [0.15, 0.2) is 17.3 Å². The molecule has 1 aliphatic rings. The van der Waals surface area contributed by atoms with E-state index in [0.29, 0.717) is 18.1 Å². The molecule has 0 fully saturated rings. The van der Waals surface area contributed by atoms with Crippen molar-refractivity contribution in [3.63, 3.8) is 0 Å². The zero-order chi connectivity index (χ0) is 13.8. The van der Waals surface area contributed by atoms with E-state index < -0.39 is 0 Å². The van der Waals surface area contributed by atoms with E-state index in [0.717, 1.165) is 30.7 Å². The molecule has 0 spiro atoms. The summed E-state index contributed by atoms with van der Waals surface area (Å²) >= 11 is 5.83. The largest absolute Gasteiger partial charge is 0.499 e. The van der Waals surface area contributed by atoms with Crippen molar-refractivity contribution in [2.75, 3.05) is 12.3 Å². The minimum atomic E-state index is 0.169. The Bertz CT molecular complexity index is 516. The molecule has 0 radical (unpaired) electrons. The van der Waals surface area contributed by atoms with Gasteiger partial charge >= 0.3 is 0 Å². The Hall–Kier alpha value is -1.62. The summed E-state index contributed by atoms with van der Waals surface area (Å²) in [6.45, 7) is 6.23. The average Bonchev–Trinajstić information content (AvgIpc) is 2.72. The smallest absolute Gasteiger partial charge is 0.224 e. The van der Waals surface area contributed by atoms with Crippen LogP contribution in [-0.2, 0) is 4.74 Å². The third-order valence-electron chi connectivity index (χ3n) is 2.90. The zero-order valence-electron chi connectivity index (χ0n) is 10.9. The third kappa shape index (κ3) is 3.44. The Kier molecular flexibility index (Phi) is 4.37. The molecule has 2 heterocycles. The first-order chi connectivity index (χ1) is 9.08. The predicted molar refractivity (Wildman–Crippen MR) is 77.0 cm³/mol. The molecule has 0 saturated carbocycles. The summed E-state index contributed by atoms with van der Waals surface area (Å²) in [5.41, 5.74) is 7.26. The molecule has 6 heteroatoms. The van der Waals surface area contributed by atoms with Gasteiger partial charge in [-0.25, -0.2) is 4.98 Å². The van der Waals surface area contributed by atoms with Gasteiger partial charge in [0.25, 0.3) is 0 Å². The number of rotatable bonds is 6. The molecule has 1 aliphatic heterocycles. The first kappa shape index (κ1) is 13.8. The van der Waals surface area contributed by atoms with Gasteiger partial charge in [-0.2, -0.15) is 4.98 Å². The van der Waals surface area contributed by atoms with Crippen LogP contribution < -0.4 is 5.73 Å². The topological polar surface area (TPSA) is 73.4 Å². The van der Waals surface area contributed by atoms with Crippen LogP contribution in [0.2, 0.25) is 5.28 Å². The highest BCUT2D eigenvalue weighted by Crippen LogP contribution is 2.37. The molecule has 5 nitrogen and oxygen atoms in total. The van der Waals surface area contributed by atoms with E-state index in [9.17, 15) is 0 Å². The second-order valence-electron chi connectivity index (χ2n) is 4.54. The van der Waals surface area contributed by atoms with E-state index >= 15 is 0 Å². The normalized spacial score (nSPS) is 16.4. The SMILES string of the molecule is C=C(C)OCCCCC1C=Nc2c(N)nc(Cl)nc21. The quantitative estimate of drug-likeness (QED) is 0.493. The lowest BCUT2D eigenvalue weighted by Gasteiger charge is -2.09. The molecular weight excluding hydrogens is 264 g/mol. The van der Waals surface area contributed by atoms with Crippen LogP contribution >= 0.6 is 11.6 Å². The number of halogens is 1. The number of allylic oxidation sites excluding steroid dienone is 1. The minimum Gasteiger partial charge on any atom is -0.499 e. The minimum absolute atomic E-state index is 0.169. The first-order valence-electron chi connectivity index (χ1n) is 6.23. The molecular formula is C13H17ClN4O. The molecule has 1 aromatic heterocycles. The monoisotopic (exact) mass is 280 g/mol. The van der Waals surface area contributed by atoms with Crippen molar-refractivity contribution in [3.8, 4) is 0 Å². The van der Waals surface area contributed by atoms with E-state index in [4.69, 9.17) is 22.1 Å². The van der Waals surface area contributed by atoms with Crippen LogP contribution in [0.5, 0.6) is 0 Å². The van der Waals surface area contributed by atoms with E-state index in [2.05, 4.69) is 21.5 Å². The molecule has 0 aromatic carbocycles. The molecule has 0 bridgehead atoms. The Balaban J connectivity index is 1.89. The number of nitrogens with zero attached hydrogens (tertiary/aromatic N) is 3. The zero-order valence-corrected chi connectivity index (χ0v) is 11.7. The highest BCUT2D eigenvalue weighted by Gasteiger charge is 2.23. The number of aromatic nitrogens is 2. The predicted octanol–water partition coefficient (Wildman–Crippen LogP) is 3.23. The van der Waals surface area contributed by atoms with Gasteiger partial charge in [0.15, 0.2) is 5.82 Å². The van der Waals surface area contributed by atoms with Crippen molar-refractivity contribution in [1.82, 2.24) is 9.97 Å². The summed E-state index contributed by atoms with van der Waals surface area (Å²) in [7, 11) is 0. The van der Waals surface area contributed by atoms with Crippen molar-refractivity contribution >= 4 is 29.3 Å². The van der Waals surface area contributed by atoms with Crippen molar-refractivity contribution in [3.05, 3.63) is 23.3 Å². The van der Waals surface area contributed by atoms with Gasteiger partial charge in [-0.1, -0.05) is 6.58 Å². The summed E-state index contributed by atoms with van der Waals surface area (Å²) in [4.78, 5) is 12.4. The number of unbranched alkanes of at least 4 members (excludes halogenated alkanes) is 1. The molecule has 1 atom stereocenters. The summed E-state index contributed by atoms with van der Waals surface area (Å²) in [5, 5.41) is 0.178. The van der Waals surface area contributed by atoms with Gasteiger partial charge in [0.05, 0.1) is 18.1 Å². The Morgan fingerprint density at radius 2 is 2.26 bits per heavy atom. The third-order valence-corrected chi connectivity index (χ3v) is 3.07. The number of aliphatic imine (C=N–C) groups is 1. The van der Waals surface area contributed by atoms with Crippen molar-refractivity contribution < 1.29 is 4.74 Å². The highest BCUT2D eigenvalue weighted by molar-refractivity contribution is 6.28. The van der Waals surface area contributed by atoms with Crippen LogP contribution in [0.3, 0.4) is 0 Å². The first-order valence-corrected chi connectivity index (χ1v) is 6.61. The molecule has 0 aliphatic carbocycles. The van der Waals surface area contributed by atoms with E-state index in [-0.39, 0.29) is 11.2 Å². The maximum Gasteiger partial charge on any atom is 0.224 e. The van der Waals surface area contributed by atoms with Gasteiger partial charge in [-0.3, -0.25) is 4.99 Å². The van der Waals surface area contributed by atoms with Crippen LogP contribution in [0.25, 0.3) is 0 Å². The maximum atomic E-state index is 5.83. The van der Waals surface area contributed by atoms with Crippen molar-refractivity contribution in [2.45, 2.75) is 32.1 Å². The van der Waals surface area contributed by atoms with Crippen LogP contribution in [0, 0.1) is 0 Å². The van der Waals surface area contributed by atoms with Crippen molar-refractivity contribution in [1.29, 1.82) is 0 Å². The fourth-order valence-corrected chi connectivity index (χ4v) is 2.19. The fraction of sp³-hybridized carbons (Fsp3) is 0.462. The molecule has 19 heavy (non-hydrogen) atoms. The summed E-state index contributed by atoms with van der Waals surface area (Å²) in [6, 6.07) is 0. The van der Waals surface area contributed by atoms with Crippen LogP contribution in [0.1, 0.15) is 37.8 Å². The summed E-state index contributed by atoms with van der Waals surface area (Å²) in [5.74, 6) is 1.27. The van der Waals surface area contributed by atoms with Gasteiger partial charge in [0.1, 0.15) is 5.69 Å². The van der Waals surface area contributed by atoms with E-state index in [1.54, 1.807) is 0 Å². The summed E-state index contributed by atoms with van der Waals surface area (Å²) < 4.78 is 5.32. The van der Waals surface area contributed by atoms with E-state index in [1.807, 2.05) is 13.1 Å². The molecule has 2 N–H and O–H groups in total. The van der Waals surface area contributed by atoms with Gasteiger partial charge in [-0.15, -0.1) is 0 Å². The van der Waals surface area contributed by atoms with Gasteiger partial charge in [-0.05, 0) is 37.8 Å². The fourth-order valence-electron chi connectivity index (χ4n) is 2.01. The summed E-state index contributed by atoms with van der Waals surface area (Å²) in [6.07, 6.45) is 4.81. The Morgan fingerprint density at radius 3 is 3.00 bits per heavy atom. The number of fused-ring (bicyclic) bond motifs is 1. The van der Waals surface area contributed by atoms with Crippen LogP contribution in [0.4, 0.5) is 11.5 Å². The molecule has 0 saturated heterocycles. The highest BCUT2D eigenvalue weighted by atomic mass is 35.5. The number of hydrogen-bond acceptors (Lipinski definition) is 5. The lowest BCUT2D eigenvalue weighted by atomic mass is 10.0. The van der Waals surface area contributed by atoms with Crippen molar-refractivity contribution in [2.24, 2.45) is 4.99 Å². The Morgan fingerprint density at radius 1 is 1.47 bits per heavy atom. The number of hydrogen-bond donors (Lipinski definition) is 1. The second-order valence-corrected chi connectivity index (χ2v) is 4.88. The Labute approximate surface area is 117 Å². The number of ether oxygens (including phenoxy) is 1. The average molecular weight is 281 g/mol. The lowest BCUT2D eigenvalue weighted by molar-refractivity contribution is 0.208. The molecule has 2 rings (SSSR count). The standard InChI is InChI=1S/C13H17ClN4O/c1-8(2)19-6-4-3-5-9-7-16-11-10(9)17-13(14)18-12(11)15/h7,9H,1,3-6H2,2H3,(H2,15,17,18). The lowest BCUT2D eigenvalue weighted by Crippen LogP contribution is -2.03. The number of nitrogen functional groups attached to an aromatic ring is 1. The second kappa shape index (κ2) is 6.02. The molecule has 0 amide bonds. The molecule has 1 unspecified atom stereocenters. The maximum absolute atomic E-state index is 5.83. The van der Waals surface area contributed by atoms with Gasteiger partial charge < -0.3 is 10.5 Å². The van der Waals surface area contributed by atoms with Crippen LogP contribution in [-0.4, -0.2) is 22.8 Å². The van der Waals surface area contributed by atoms with Gasteiger partial charge in [0, 0.05) is 12.1 Å². The molecule has 1 aromatic rings. The van der Waals surface area contributed by atoms with E-state index in [1.165, 1.54) is 0 Å². The number of anilines is 1. The molecule has 102 valence electrons. The van der Waals surface area contributed by atoms with Gasteiger partial charge in [0.2, 0.25) is 5.28 Å².